The first-order valence-electron chi connectivity index (χ1n) is 10.1. The molecule has 0 saturated carbocycles. The molecule has 0 radical (unpaired) electrons. The van der Waals surface area contributed by atoms with E-state index >= 15 is 0 Å². The van der Waals surface area contributed by atoms with Crippen LogP contribution in [0.3, 0.4) is 0 Å². The lowest BCUT2D eigenvalue weighted by Gasteiger charge is -2.23. The van der Waals surface area contributed by atoms with Crippen LogP contribution in [0, 0.1) is 0 Å². The van der Waals surface area contributed by atoms with Crippen molar-refractivity contribution in [2.75, 3.05) is 6.61 Å². The first-order chi connectivity index (χ1) is 12.4. The van der Waals surface area contributed by atoms with Gasteiger partial charge in [-0.05, 0) is 32.6 Å². The van der Waals surface area contributed by atoms with Crippen LogP contribution in [-0.2, 0) is 9.53 Å². The Morgan fingerprint density at radius 3 is 1.77 bits per heavy atom. The summed E-state index contributed by atoms with van der Waals surface area (Å²) in [6, 6.07) is 0. The number of hydrogen-bond donors (Lipinski definition) is 0. The van der Waals surface area contributed by atoms with Gasteiger partial charge in [-0.15, -0.1) is 0 Å². The Kier molecular flexibility index (Phi) is 19.4. The molecule has 0 aliphatic carbocycles. The van der Waals surface area contributed by atoms with Crippen molar-refractivity contribution in [1.82, 2.24) is 0 Å². The average Bonchev–Trinajstić information content (AvgIpc) is 2.60. The summed E-state index contributed by atoms with van der Waals surface area (Å²) in [5.41, 5.74) is 0. The van der Waals surface area contributed by atoms with E-state index in [9.17, 15) is 4.79 Å². The fraction of sp³-hybridized carbons (Fsp3) is 0.950. The Morgan fingerprint density at radius 1 is 0.731 bits per heavy atom. The summed E-state index contributed by atoms with van der Waals surface area (Å²) in [6.07, 6.45) is 13.8. The molecule has 0 aromatic carbocycles. The Balaban J connectivity index is 3.72. The van der Waals surface area contributed by atoms with Crippen molar-refractivity contribution in [2.24, 2.45) is 0 Å². The third kappa shape index (κ3) is 15.3. The van der Waals surface area contributed by atoms with Gasteiger partial charge in [-0.2, -0.15) is 0 Å². The molecular formula is C20H36Br4O2. The smallest absolute Gasteiger partial charge is 0.305 e. The highest BCUT2D eigenvalue weighted by Gasteiger charge is 2.23. The van der Waals surface area contributed by atoms with Gasteiger partial charge in [-0.25, -0.2) is 0 Å². The average molecular weight is 628 g/mol. The second-order valence-corrected chi connectivity index (χ2v) is 11.6. The normalized spacial score (nSPS) is 16.1. The second-order valence-electron chi connectivity index (χ2n) is 6.91. The number of unbranched alkanes of at least 4 members (excludes halogenated alkanes) is 6. The standard InChI is InChI=1S/C20H36Br4O2/c1-3-5-9-12-16(21)18(23)15-19(24)17(22)13-10-7-6-8-11-14-20(25)26-4-2/h16-19H,3-15H2,1-2H3. The maximum Gasteiger partial charge on any atom is 0.305 e. The maximum absolute atomic E-state index is 11.3. The summed E-state index contributed by atoms with van der Waals surface area (Å²) >= 11 is 15.4. The SMILES string of the molecule is CCCCCC(Br)C(Br)CC(Br)C(Br)CCCCCCCC(=O)OCC. The Hall–Kier alpha value is 1.39. The van der Waals surface area contributed by atoms with E-state index in [-0.39, 0.29) is 5.97 Å². The predicted molar refractivity (Wildman–Crippen MR) is 129 cm³/mol. The van der Waals surface area contributed by atoms with Crippen LogP contribution >= 0.6 is 63.7 Å². The van der Waals surface area contributed by atoms with Gasteiger partial charge in [0.1, 0.15) is 0 Å². The molecule has 0 bridgehead atoms. The van der Waals surface area contributed by atoms with Crippen LogP contribution in [0.25, 0.3) is 0 Å². The van der Waals surface area contributed by atoms with Crippen LogP contribution in [-0.4, -0.2) is 31.9 Å². The van der Waals surface area contributed by atoms with E-state index in [0.29, 0.717) is 32.3 Å². The monoisotopic (exact) mass is 624 g/mol. The van der Waals surface area contributed by atoms with Gasteiger partial charge in [-0.1, -0.05) is 116 Å². The summed E-state index contributed by atoms with van der Waals surface area (Å²) in [7, 11) is 0. The number of carbonyl (C=O) groups is 1. The molecule has 4 unspecified atom stereocenters. The third-order valence-corrected chi connectivity index (χ3v) is 10.1. The molecule has 0 rings (SSSR count). The molecule has 0 saturated heterocycles. The third-order valence-electron chi connectivity index (χ3n) is 4.48. The number of esters is 1. The van der Waals surface area contributed by atoms with Gasteiger partial charge in [0.05, 0.1) is 6.61 Å². The molecule has 2 nitrogen and oxygen atoms in total. The molecule has 26 heavy (non-hydrogen) atoms. The zero-order valence-corrected chi connectivity index (χ0v) is 22.7. The lowest BCUT2D eigenvalue weighted by Crippen LogP contribution is -2.23. The Labute approximate surface area is 194 Å². The van der Waals surface area contributed by atoms with Crippen molar-refractivity contribution in [3.05, 3.63) is 0 Å². The minimum absolute atomic E-state index is 0.0562. The first-order valence-corrected chi connectivity index (χ1v) is 13.8. The van der Waals surface area contributed by atoms with E-state index in [1.807, 2.05) is 6.92 Å². The minimum atomic E-state index is -0.0562. The second kappa shape index (κ2) is 18.4. The molecule has 0 fully saturated rings. The van der Waals surface area contributed by atoms with Crippen molar-refractivity contribution in [3.8, 4) is 0 Å². The minimum Gasteiger partial charge on any atom is -0.466 e. The molecule has 0 amide bonds. The van der Waals surface area contributed by atoms with E-state index in [1.54, 1.807) is 0 Å². The van der Waals surface area contributed by atoms with Crippen molar-refractivity contribution in [2.45, 2.75) is 110 Å². The number of carbonyl (C=O) groups excluding carboxylic acids is 1. The van der Waals surface area contributed by atoms with E-state index in [4.69, 9.17) is 4.74 Å². The van der Waals surface area contributed by atoms with Crippen LogP contribution in [0.4, 0.5) is 0 Å². The van der Waals surface area contributed by atoms with Crippen LogP contribution in [0.15, 0.2) is 0 Å². The molecule has 0 aliphatic heterocycles. The molecule has 0 spiro atoms. The Morgan fingerprint density at radius 2 is 1.23 bits per heavy atom. The molecule has 156 valence electrons. The fourth-order valence-corrected chi connectivity index (χ4v) is 5.75. The molecule has 0 aromatic rings. The van der Waals surface area contributed by atoms with Crippen molar-refractivity contribution in [3.63, 3.8) is 0 Å². The fourth-order valence-electron chi connectivity index (χ4n) is 2.83. The summed E-state index contributed by atoms with van der Waals surface area (Å²) < 4.78 is 4.95. The van der Waals surface area contributed by atoms with Gasteiger partial charge in [0.15, 0.2) is 0 Å². The highest BCUT2D eigenvalue weighted by Crippen LogP contribution is 2.31. The van der Waals surface area contributed by atoms with E-state index < -0.39 is 0 Å². The lowest BCUT2D eigenvalue weighted by molar-refractivity contribution is -0.143. The zero-order valence-electron chi connectivity index (χ0n) is 16.3. The predicted octanol–water partition coefficient (Wildman–Crippen LogP) is 8.30. The van der Waals surface area contributed by atoms with Crippen molar-refractivity contribution in [1.29, 1.82) is 0 Å². The van der Waals surface area contributed by atoms with Crippen molar-refractivity contribution >= 4 is 69.7 Å². The Bertz CT molecular complexity index is 342. The van der Waals surface area contributed by atoms with Crippen LogP contribution < -0.4 is 0 Å². The molecule has 4 atom stereocenters. The van der Waals surface area contributed by atoms with Crippen molar-refractivity contribution < 1.29 is 9.53 Å². The largest absolute Gasteiger partial charge is 0.466 e. The molecule has 6 heteroatoms. The van der Waals surface area contributed by atoms with E-state index in [2.05, 4.69) is 70.6 Å². The molecule has 0 N–H and O–H groups in total. The number of halogens is 4. The number of ether oxygens (including phenoxy) is 1. The first kappa shape index (κ1) is 27.4. The topological polar surface area (TPSA) is 26.3 Å². The molecule has 0 aromatic heterocycles. The van der Waals surface area contributed by atoms with Gasteiger partial charge in [0.2, 0.25) is 0 Å². The zero-order chi connectivity index (χ0) is 19.8. The summed E-state index contributed by atoms with van der Waals surface area (Å²) in [4.78, 5) is 13.3. The molecule has 0 aliphatic rings. The van der Waals surface area contributed by atoms with Gasteiger partial charge in [0, 0.05) is 25.7 Å². The van der Waals surface area contributed by atoms with Gasteiger partial charge >= 0.3 is 5.97 Å². The highest BCUT2D eigenvalue weighted by atomic mass is 79.9. The van der Waals surface area contributed by atoms with Gasteiger partial charge < -0.3 is 4.74 Å². The van der Waals surface area contributed by atoms with E-state index in [1.165, 1.54) is 51.4 Å². The van der Waals surface area contributed by atoms with Gasteiger partial charge in [-0.3, -0.25) is 4.79 Å². The number of alkyl halides is 4. The summed E-state index contributed by atoms with van der Waals surface area (Å²) in [5, 5.41) is 0. The summed E-state index contributed by atoms with van der Waals surface area (Å²) in [6.45, 7) is 4.59. The molecular weight excluding hydrogens is 592 g/mol. The van der Waals surface area contributed by atoms with Crippen LogP contribution in [0.5, 0.6) is 0 Å². The molecule has 0 heterocycles. The van der Waals surface area contributed by atoms with Crippen LogP contribution in [0.2, 0.25) is 0 Å². The summed E-state index contributed by atoms with van der Waals surface area (Å²) in [5.74, 6) is -0.0562. The number of hydrogen-bond acceptors (Lipinski definition) is 2. The maximum atomic E-state index is 11.3. The number of rotatable bonds is 17. The van der Waals surface area contributed by atoms with Gasteiger partial charge in [0.25, 0.3) is 0 Å². The van der Waals surface area contributed by atoms with E-state index in [0.717, 1.165) is 19.3 Å². The van der Waals surface area contributed by atoms with Crippen LogP contribution in [0.1, 0.15) is 90.9 Å². The lowest BCUT2D eigenvalue weighted by atomic mass is 10.0. The quantitative estimate of drug-likeness (QED) is 0.0921. The highest BCUT2D eigenvalue weighted by molar-refractivity contribution is 9.13.